The first-order valence-corrected chi connectivity index (χ1v) is 9.30. The average Bonchev–Trinajstić information content (AvgIpc) is 2.56. The van der Waals surface area contributed by atoms with Gasteiger partial charge in [0, 0.05) is 33.6 Å². The van der Waals surface area contributed by atoms with Crippen molar-refractivity contribution in [2.24, 2.45) is 0 Å². The monoisotopic (exact) mass is 411 g/mol. The molecule has 0 radical (unpaired) electrons. The normalized spacial score (nSPS) is 10.8. The largest absolute Gasteiger partial charge is 0.338 e. The Hall–Kier alpha value is -1.89. The number of thioether (sulfide) groups is 1. The third-order valence-corrected chi connectivity index (χ3v) is 5.02. The molecule has 8 heteroatoms. The standard InChI is InChI=1S/C18H13Cl2F2N3S/c1-10-7-17(24-16-6-5-11(21)8-15(16)22)25-18(23-10)26-9-12-13(19)3-2-4-14(12)20/h2-8H,9H2,1H3,(H,23,24,25). The molecular formula is C18H13Cl2F2N3S. The third-order valence-electron chi connectivity index (χ3n) is 3.43. The van der Waals surface area contributed by atoms with Gasteiger partial charge in [-0.1, -0.05) is 41.0 Å². The summed E-state index contributed by atoms with van der Waals surface area (Å²) < 4.78 is 26.8. The van der Waals surface area contributed by atoms with Crippen LogP contribution < -0.4 is 5.32 Å². The highest BCUT2D eigenvalue weighted by molar-refractivity contribution is 7.98. The molecule has 0 aliphatic carbocycles. The van der Waals surface area contributed by atoms with Crippen LogP contribution in [-0.2, 0) is 5.75 Å². The molecule has 0 aliphatic heterocycles. The van der Waals surface area contributed by atoms with E-state index in [1.165, 1.54) is 23.9 Å². The second-order valence-electron chi connectivity index (χ2n) is 5.42. The Balaban J connectivity index is 1.79. The van der Waals surface area contributed by atoms with Gasteiger partial charge in [-0.2, -0.15) is 0 Å². The van der Waals surface area contributed by atoms with E-state index in [0.29, 0.717) is 32.5 Å². The summed E-state index contributed by atoms with van der Waals surface area (Å²) in [6.07, 6.45) is 0. The zero-order chi connectivity index (χ0) is 18.7. The molecule has 1 aromatic heterocycles. The van der Waals surface area contributed by atoms with Crippen LogP contribution >= 0.6 is 35.0 Å². The van der Waals surface area contributed by atoms with Crippen molar-refractivity contribution in [3.63, 3.8) is 0 Å². The average molecular weight is 412 g/mol. The summed E-state index contributed by atoms with van der Waals surface area (Å²) in [5, 5.41) is 4.48. The molecule has 0 spiro atoms. The number of nitrogens with zero attached hydrogens (tertiary/aromatic N) is 2. The summed E-state index contributed by atoms with van der Waals surface area (Å²) in [6, 6.07) is 10.3. The molecule has 0 bridgehead atoms. The summed E-state index contributed by atoms with van der Waals surface area (Å²) in [4.78, 5) is 8.72. The predicted octanol–water partition coefficient (Wildman–Crippen LogP) is 6.41. The number of hydrogen-bond donors (Lipinski definition) is 1. The van der Waals surface area contributed by atoms with Crippen molar-refractivity contribution in [1.82, 2.24) is 9.97 Å². The van der Waals surface area contributed by atoms with E-state index < -0.39 is 11.6 Å². The molecule has 0 amide bonds. The summed E-state index contributed by atoms with van der Waals surface area (Å²) in [7, 11) is 0. The minimum absolute atomic E-state index is 0.134. The van der Waals surface area contributed by atoms with Crippen LogP contribution in [0.4, 0.5) is 20.3 Å². The lowest BCUT2D eigenvalue weighted by atomic mass is 10.2. The highest BCUT2D eigenvalue weighted by Gasteiger charge is 2.10. The van der Waals surface area contributed by atoms with Crippen LogP contribution in [0.25, 0.3) is 0 Å². The van der Waals surface area contributed by atoms with Crippen LogP contribution in [0.3, 0.4) is 0 Å². The molecule has 26 heavy (non-hydrogen) atoms. The van der Waals surface area contributed by atoms with Gasteiger partial charge in [0.1, 0.15) is 17.5 Å². The molecule has 134 valence electrons. The van der Waals surface area contributed by atoms with Crippen LogP contribution in [0.5, 0.6) is 0 Å². The lowest BCUT2D eigenvalue weighted by Crippen LogP contribution is -2.00. The molecular weight excluding hydrogens is 399 g/mol. The van der Waals surface area contributed by atoms with Gasteiger partial charge in [0.2, 0.25) is 0 Å². The SMILES string of the molecule is Cc1cc(Nc2ccc(F)cc2F)nc(SCc2c(Cl)cccc2Cl)n1. The molecule has 3 rings (SSSR count). The zero-order valence-corrected chi connectivity index (χ0v) is 15.9. The van der Waals surface area contributed by atoms with Gasteiger partial charge in [0.25, 0.3) is 0 Å². The predicted molar refractivity (Wildman–Crippen MR) is 102 cm³/mol. The molecule has 0 saturated carbocycles. The Morgan fingerprint density at radius 2 is 1.77 bits per heavy atom. The summed E-state index contributed by atoms with van der Waals surface area (Å²) in [5.74, 6) is -0.430. The van der Waals surface area contributed by atoms with E-state index in [0.717, 1.165) is 11.6 Å². The van der Waals surface area contributed by atoms with Gasteiger partial charge in [-0.3, -0.25) is 0 Å². The fourth-order valence-corrected chi connectivity index (χ4v) is 3.85. The van der Waals surface area contributed by atoms with Crippen molar-refractivity contribution >= 4 is 46.5 Å². The Bertz CT molecular complexity index is 933. The number of hydrogen-bond acceptors (Lipinski definition) is 4. The van der Waals surface area contributed by atoms with Gasteiger partial charge >= 0.3 is 0 Å². The van der Waals surface area contributed by atoms with E-state index in [2.05, 4.69) is 15.3 Å². The van der Waals surface area contributed by atoms with Crippen LogP contribution in [0.1, 0.15) is 11.3 Å². The van der Waals surface area contributed by atoms with Crippen LogP contribution in [0, 0.1) is 18.6 Å². The van der Waals surface area contributed by atoms with Crippen molar-refractivity contribution in [1.29, 1.82) is 0 Å². The van der Waals surface area contributed by atoms with Crippen molar-refractivity contribution in [2.75, 3.05) is 5.32 Å². The number of aryl methyl sites for hydroxylation is 1. The quantitative estimate of drug-likeness (QED) is 0.388. The fourth-order valence-electron chi connectivity index (χ4n) is 2.21. The van der Waals surface area contributed by atoms with E-state index >= 15 is 0 Å². The minimum Gasteiger partial charge on any atom is -0.338 e. The Kier molecular flexibility index (Phi) is 5.96. The van der Waals surface area contributed by atoms with Gasteiger partial charge in [0.15, 0.2) is 5.16 Å². The van der Waals surface area contributed by atoms with Crippen LogP contribution in [-0.4, -0.2) is 9.97 Å². The first-order valence-electron chi connectivity index (χ1n) is 7.56. The Morgan fingerprint density at radius 1 is 1.04 bits per heavy atom. The number of benzene rings is 2. The number of aromatic nitrogens is 2. The van der Waals surface area contributed by atoms with Crippen LogP contribution in [0.15, 0.2) is 47.6 Å². The first kappa shape index (κ1) is 18.9. The molecule has 2 aromatic carbocycles. The van der Waals surface area contributed by atoms with E-state index in [1.807, 2.05) is 0 Å². The van der Waals surface area contributed by atoms with Crippen molar-refractivity contribution in [2.45, 2.75) is 17.8 Å². The molecule has 0 atom stereocenters. The van der Waals surface area contributed by atoms with Gasteiger partial charge in [-0.25, -0.2) is 18.7 Å². The van der Waals surface area contributed by atoms with Gasteiger partial charge in [0.05, 0.1) is 5.69 Å². The molecule has 3 aromatic rings. The molecule has 0 unspecified atom stereocenters. The van der Waals surface area contributed by atoms with E-state index in [9.17, 15) is 8.78 Å². The summed E-state index contributed by atoms with van der Waals surface area (Å²) in [6.45, 7) is 1.81. The minimum atomic E-state index is -0.696. The summed E-state index contributed by atoms with van der Waals surface area (Å²) >= 11 is 13.7. The molecule has 3 nitrogen and oxygen atoms in total. The van der Waals surface area contributed by atoms with Gasteiger partial charge in [-0.15, -0.1) is 0 Å². The highest BCUT2D eigenvalue weighted by atomic mass is 35.5. The number of halogens is 4. The molecule has 0 aliphatic rings. The smallest absolute Gasteiger partial charge is 0.190 e. The molecule has 0 fully saturated rings. The lowest BCUT2D eigenvalue weighted by Gasteiger charge is -2.10. The van der Waals surface area contributed by atoms with Gasteiger partial charge < -0.3 is 5.32 Å². The number of nitrogens with one attached hydrogen (secondary N) is 1. The highest BCUT2D eigenvalue weighted by Crippen LogP contribution is 2.31. The zero-order valence-electron chi connectivity index (χ0n) is 13.6. The number of anilines is 2. The lowest BCUT2D eigenvalue weighted by molar-refractivity contribution is 0.586. The van der Waals surface area contributed by atoms with Crippen molar-refractivity contribution < 1.29 is 8.78 Å². The maximum absolute atomic E-state index is 13.8. The first-order chi connectivity index (χ1) is 12.4. The second kappa shape index (κ2) is 8.20. The number of rotatable bonds is 5. The fraction of sp³-hybridized carbons (Fsp3) is 0.111. The van der Waals surface area contributed by atoms with Gasteiger partial charge in [-0.05, 0) is 36.8 Å². The van der Waals surface area contributed by atoms with Crippen LogP contribution in [0.2, 0.25) is 10.0 Å². The topological polar surface area (TPSA) is 37.8 Å². The molecule has 0 saturated heterocycles. The maximum Gasteiger partial charge on any atom is 0.190 e. The maximum atomic E-state index is 13.8. The molecule has 1 heterocycles. The Labute approximate surface area is 163 Å². The Morgan fingerprint density at radius 3 is 2.46 bits per heavy atom. The third kappa shape index (κ3) is 4.63. The summed E-state index contributed by atoms with van der Waals surface area (Å²) in [5.41, 5.74) is 1.64. The molecule has 1 N–H and O–H groups in total. The van der Waals surface area contributed by atoms with Crippen molar-refractivity contribution in [3.05, 3.63) is 75.4 Å². The van der Waals surface area contributed by atoms with E-state index in [1.54, 1.807) is 31.2 Å². The van der Waals surface area contributed by atoms with E-state index in [-0.39, 0.29) is 5.69 Å². The van der Waals surface area contributed by atoms with E-state index in [4.69, 9.17) is 23.2 Å². The second-order valence-corrected chi connectivity index (χ2v) is 7.17. The van der Waals surface area contributed by atoms with Crippen molar-refractivity contribution in [3.8, 4) is 0 Å².